The highest BCUT2D eigenvalue weighted by Crippen LogP contribution is 2.44. The molecule has 0 saturated heterocycles. The Hall–Kier alpha value is -0.766. The lowest BCUT2D eigenvalue weighted by molar-refractivity contribution is -0.148. The van der Waals surface area contributed by atoms with Crippen molar-refractivity contribution < 1.29 is 23.2 Å². The van der Waals surface area contributed by atoms with Crippen molar-refractivity contribution in [2.75, 3.05) is 7.11 Å². The quantitative estimate of drug-likeness (QED) is 0.139. The number of rotatable bonds is 13. The van der Waals surface area contributed by atoms with Crippen molar-refractivity contribution in [2.24, 2.45) is 17.3 Å². The van der Waals surface area contributed by atoms with Crippen molar-refractivity contribution in [3.63, 3.8) is 0 Å². The topological polar surface area (TPSA) is 61.8 Å². The van der Waals surface area contributed by atoms with Crippen LogP contribution in [0.4, 0.5) is 0 Å². The van der Waals surface area contributed by atoms with Gasteiger partial charge in [-0.1, -0.05) is 75.3 Å². The monoisotopic (exact) mass is 528 g/mol. The minimum Gasteiger partial charge on any atom is -0.469 e. The second-order valence-electron chi connectivity index (χ2n) is 13.9. The summed E-state index contributed by atoms with van der Waals surface area (Å²) in [5.41, 5.74) is -0.897. The number of esters is 1. The van der Waals surface area contributed by atoms with E-state index in [-0.39, 0.29) is 46.2 Å². The van der Waals surface area contributed by atoms with Gasteiger partial charge in [0, 0.05) is 11.3 Å². The zero-order valence-corrected chi connectivity index (χ0v) is 27.5. The first-order valence-corrected chi connectivity index (χ1v) is 18.9. The van der Waals surface area contributed by atoms with Gasteiger partial charge in [-0.3, -0.25) is 9.59 Å². The first kappa shape index (κ1) is 34.2. The number of methoxy groups -OCH3 is 1. The van der Waals surface area contributed by atoms with Crippen LogP contribution in [0.3, 0.4) is 0 Å². The highest BCUT2D eigenvalue weighted by molar-refractivity contribution is 6.74. The normalized spacial score (nSPS) is 17.3. The van der Waals surface area contributed by atoms with Gasteiger partial charge in [-0.05, 0) is 48.6 Å². The second kappa shape index (κ2) is 12.2. The molecular formula is C28H56O5Si2. The first-order chi connectivity index (χ1) is 15.5. The van der Waals surface area contributed by atoms with Gasteiger partial charge in [0.05, 0.1) is 25.7 Å². The zero-order valence-electron chi connectivity index (χ0n) is 25.5. The minimum absolute atomic E-state index is 0.0241. The zero-order chi connectivity index (χ0) is 28.2. The molecule has 0 aliphatic carbocycles. The van der Waals surface area contributed by atoms with Crippen LogP contribution in [0.15, 0.2) is 12.7 Å². The summed E-state index contributed by atoms with van der Waals surface area (Å²) in [6.45, 7) is 33.7. The molecule has 0 spiro atoms. The largest absolute Gasteiger partial charge is 0.469 e. The highest BCUT2D eigenvalue weighted by Gasteiger charge is 2.49. The van der Waals surface area contributed by atoms with Crippen LogP contribution >= 0.6 is 0 Å². The molecule has 7 heteroatoms. The molecule has 0 aromatic rings. The number of hydrogen-bond donors (Lipinski definition) is 0. The molecule has 4 atom stereocenters. The van der Waals surface area contributed by atoms with Gasteiger partial charge in [-0.2, -0.15) is 0 Å². The summed E-state index contributed by atoms with van der Waals surface area (Å²) in [5.74, 6) is -0.532. The van der Waals surface area contributed by atoms with Crippen molar-refractivity contribution in [1.82, 2.24) is 0 Å². The summed E-state index contributed by atoms with van der Waals surface area (Å²) >= 11 is 0. The van der Waals surface area contributed by atoms with Gasteiger partial charge in [0.1, 0.15) is 5.78 Å². The molecular weight excluding hydrogens is 472 g/mol. The van der Waals surface area contributed by atoms with Gasteiger partial charge in [0.25, 0.3) is 0 Å². The molecule has 0 saturated carbocycles. The summed E-state index contributed by atoms with van der Waals surface area (Å²) < 4.78 is 18.6. The van der Waals surface area contributed by atoms with E-state index in [0.29, 0.717) is 0 Å². The van der Waals surface area contributed by atoms with E-state index in [0.717, 1.165) is 6.42 Å². The molecule has 5 nitrogen and oxygen atoms in total. The Morgan fingerprint density at radius 1 is 0.857 bits per heavy atom. The van der Waals surface area contributed by atoms with Gasteiger partial charge in [0.2, 0.25) is 0 Å². The Bertz CT molecular complexity index is 729. The predicted octanol–water partition coefficient (Wildman–Crippen LogP) is 7.77. The van der Waals surface area contributed by atoms with E-state index in [1.807, 2.05) is 26.8 Å². The molecule has 0 unspecified atom stereocenters. The summed E-state index contributed by atoms with van der Waals surface area (Å²) in [4.78, 5) is 26.6. The van der Waals surface area contributed by atoms with Crippen LogP contribution in [0.2, 0.25) is 36.3 Å². The molecule has 0 aromatic carbocycles. The molecule has 0 fully saturated rings. The first-order valence-electron chi connectivity index (χ1n) is 13.0. The van der Waals surface area contributed by atoms with Gasteiger partial charge >= 0.3 is 5.97 Å². The van der Waals surface area contributed by atoms with Gasteiger partial charge in [-0.15, -0.1) is 6.58 Å². The number of hydrogen-bond acceptors (Lipinski definition) is 5. The number of ketones is 1. The average molecular weight is 529 g/mol. The van der Waals surface area contributed by atoms with E-state index in [1.54, 1.807) is 0 Å². The fourth-order valence-electron chi connectivity index (χ4n) is 3.73. The van der Waals surface area contributed by atoms with E-state index in [4.69, 9.17) is 13.6 Å². The number of allylic oxidation sites excluding steroid dienone is 1. The Morgan fingerprint density at radius 3 is 1.66 bits per heavy atom. The Balaban J connectivity index is 6.36. The van der Waals surface area contributed by atoms with Crippen molar-refractivity contribution in [1.29, 1.82) is 0 Å². The lowest BCUT2D eigenvalue weighted by atomic mass is 9.73. The molecule has 0 rings (SSSR count). The molecule has 0 heterocycles. The number of carbonyl (C=O) groups excluding carboxylic acids is 2. The summed E-state index contributed by atoms with van der Waals surface area (Å²) in [5, 5.41) is -0.0329. The summed E-state index contributed by atoms with van der Waals surface area (Å²) in [7, 11) is -3.02. The van der Waals surface area contributed by atoms with E-state index in [1.165, 1.54) is 7.11 Å². The highest BCUT2D eigenvalue weighted by atomic mass is 28.4. The van der Waals surface area contributed by atoms with Gasteiger partial charge in [-0.25, -0.2) is 0 Å². The minimum atomic E-state index is -2.26. The number of ether oxygens (including phenoxy) is 1. The molecule has 0 N–H and O–H groups in total. The number of carbonyl (C=O) groups is 2. The van der Waals surface area contributed by atoms with E-state index >= 15 is 0 Å². The van der Waals surface area contributed by atoms with Crippen molar-refractivity contribution in [3.05, 3.63) is 12.7 Å². The van der Waals surface area contributed by atoms with Crippen LogP contribution in [-0.2, 0) is 23.2 Å². The summed E-state index contributed by atoms with van der Waals surface area (Å²) in [6, 6.07) is 0. The lowest BCUT2D eigenvalue weighted by Crippen LogP contribution is -2.54. The van der Waals surface area contributed by atoms with E-state index < -0.39 is 28.2 Å². The molecule has 0 aliphatic heterocycles. The van der Waals surface area contributed by atoms with Crippen molar-refractivity contribution in [3.8, 4) is 0 Å². The van der Waals surface area contributed by atoms with E-state index in [2.05, 4.69) is 81.2 Å². The van der Waals surface area contributed by atoms with Crippen LogP contribution in [0.5, 0.6) is 0 Å². The van der Waals surface area contributed by atoms with Crippen LogP contribution < -0.4 is 0 Å². The molecule has 0 bridgehead atoms. The SMILES string of the molecule is C=CC[C@H](C)[C@H](O[Si](C)(C)C(C)(C)C)[C@@H](C)C(=O)C(C)(C)[C@H](CC(=O)OC)O[Si](C)(C)C(C)(C)C. The Morgan fingerprint density at radius 2 is 1.29 bits per heavy atom. The van der Waals surface area contributed by atoms with Gasteiger partial charge < -0.3 is 13.6 Å². The molecule has 0 radical (unpaired) electrons. The maximum atomic E-state index is 14.2. The number of Topliss-reactive ketones (excluding diaryl/α,β-unsaturated/α-hetero) is 1. The Labute approximate surface area is 219 Å². The molecule has 0 aromatic heterocycles. The fourth-order valence-corrected chi connectivity index (χ4v) is 6.64. The summed E-state index contributed by atoms with van der Waals surface area (Å²) in [6.07, 6.45) is 1.89. The third-order valence-corrected chi connectivity index (χ3v) is 17.5. The average Bonchev–Trinajstić information content (AvgIpc) is 2.68. The van der Waals surface area contributed by atoms with Crippen molar-refractivity contribution >= 4 is 28.4 Å². The third-order valence-electron chi connectivity index (χ3n) is 8.51. The molecule has 35 heavy (non-hydrogen) atoms. The van der Waals surface area contributed by atoms with E-state index in [9.17, 15) is 9.59 Å². The van der Waals surface area contributed by atoms with Crippen LogP contribution in [0.1, 0.15) is 82.1 Å². The third kappa shape index (κ3) is 8.94. The smallest absolute Gasteiger partial charge is 0.308 e. The molecule has 0 aliphatic rings. The maximum absolute atomic E-state index is 14.2. The Kier molecular flexibility index (Phi) is 11.9. The molecule has 0 amide bonds. The fraction of sp³-hybridized carbons (Fsp3) is 0.857. The second-order valence-corrected chi connectivity index (χ2v) is 23.4. The van der Waals surface area contributed by atoms with Crippen LogP contribution in [-0.4, -0.2) is 47.7 Å². The van der Waals surface area contributed by atoms with Crippen LogP contribution in [0.25, 0.3) is 0 Å². The molecule has 206 valence electrons. The van der Waals surface area contributed by atoms with Crippen LogP contribution in [0, 0.1) is 17.3 Å². The lowest BCUT2D eigenvalue weighted by Gasteiger charge is -2.46. The predicted molar refractivity (Wildman–Crippen MR) is 153 cm³/mol. The van der Waals surface area contributed by atoms with Crippen molar-refractivity contribution in [2.45, 2.75) is 131 Å². The standard InChI is InChI=1S/C28H56O5Si2/c1-17-18-20(2)24(33-35(15,16)27(7,8)9)21(3)25(30)28(10,11)22(19-23(29)31-12)32-34(13,14)26(4,5)6/h17,20-22,24H,1,18-19H2,2-16H3/t20-,21+,22-,24-/m0/s1. The maximum Gasteiger partial charge on any atom is 0.308 e. The van der Waals surface area contributed by atoms with Gasteiger partial charge in [0.15, 0.2) is 16.6 Å².